The van der Waals surface area contributed by atoms with Crippen molar-refractivity contribution in [1.29, 1.82) is 0 Å². The SMILES string of the molecule is CCCCCOCCOCCN(C)C(=O)C[C@@H]1CCC[C@H](Cc2nc(-c3c[nH]c4ncc(F)cc34)ncc2F)C1. The summed E-state index contributed by atoms with van der Waals surface area (Å²) in [6.45, 7) is 5.09. The summed E-state index contributed by atoms with van der Waals surface area (Å²) in [6.07, 6.45) is 12.2. The molecule has 4 rings (SSSR count). The third-order valence-corrected chi connectivity index (χ3v) is 7.65. The van der Waals surface area contributed by atoms with Crippen molar-refractivity contribution in [3.63, 3.8) is 0 Å². The fraction of sp³-hybridized carbons (Fsp3) is 0.600. The number of ether oxygens (including phenoxy) is 2. The molecule has 40 heavy (non-hydrogen) atoms. The van der Waals surface area contributed by atoms with Crippen LogP contribution >= 0.6 is 0 Å². The Labute approximate surface area is 234 Å². The molecule has 0 aromatic carbocycles. The van der Waals surface area contributed by atoms with Crippen molar-refractivity contribution in [2.75, 3.05) is 40.0 Å². The predicted molar refractivity (Wildman–Crippen MR) is 150 cm³/mol. The summed E-state index contributed by atoms with van der Waals surface area (Å²) in [5.74, 6) is 0.0388. The lowest BCUT2D eigenvalue weighted by atomic mass is 9.77. The Kier molecular flexibility index (Phi) is 11.3. The average Bonchev–Trinajstić information content (AvgIpc) is 3.36. The minimum Gasteiger partial charge on any atom is -0.379 e. The number of fused-ring (bicyclic) bond motifs is 1. The van der Waals surface area contributed by atoms with E-state index in [2.05, 4.69) is 26.9 Å². The van der Waals surface area contributed by atoms with E-state index in [1.165, 1.54) is 25.1 Å². The van der Waals surface area contributed by atoms with Crippen LogP contribution in [0.1, 0.15) is 64.0 Å². The van der Waals surface area contributed by atoms with E-state index in [0.717, 1.165) is 44.9 Å². The summed E-state index contributed by atoms with van der Waals surface area (Å²) in [7, 11) is 1.82. The Bertz CT molecular complexity index is 1240. The van der Waals surface area contributed by atoms with Crippen molar-refractivity contribution in [3.05, 3.63) is 42.0 Å². The summed E-state index contributed by atoms with van der Waals surface area (Å²) in [5, 5.41) is 0.555. The number of H-pyrrole nitrogens is 1. The maximum atomic E-state index is 14.7. The molecule has 0 spiro atoms. The van der Waals surface area contributed by atoms with Gasteiger partial charge >= 0.3 is 0 Å². The zero-order chi connectivity index (χ0) is 28.3. The third-order valence-electron chi connectivity index (χ3n) is 7.65. The molecular formula is C30H41F2N5O3. The van der Waals surface area contributed by atoms with Gasteiger partial charge in [0.25, 0.3) is 0 Å². The monoisotopic (exact) mass is 557 g/mol. The Balaban J connectivity index is 1.24. The average molecular weight is 558 g/mol. The largest absolute Gasteiger partial charge is 0.379 e. The zero-order valence-corrected chi connectivity index (χ0v) is 23.6. The molecule has 1 aliphatic rings. The van der Waals surface area contributed by atoms with Crippen LogP contribution in [-0.2, 0) is 20.7 Å². The zero-order valence-electron chi connectivity index (χ0n) is 23.6. The van der Waals surface area contributed by atoms with E-state index < -0.39 is 11.6 Å². The molecule has 10 heteroatoms. The molecule has 2 atom stereocenters. The van der Waals surface area contributed by atoms with Crippen LogP contribution in [0.2, 0.25) is 0 Å². The van der Waals surface area contributed by atoms with Crippen molar-refractivity contribution in [1.82, 2.24) is 24.8 Å². The lowest BCUT2D eigenvalue weighted by Crippen LogP contribution is -2.33. The highest BCUT2D eigenvalue weighted by molar-refractivity contribution is 5.91. The standard InChI is InChI=1S/C30H41F2N5O3/c1-3-4-5-10-39-12-13-40-11-9-37(2)28(38)16-22-8-6-7-21(14-22)15-27-26(32)20-35-30(36-27)25-19-34-29-24(25)17-23(31)18-33-29/h17-22H,3-16H2,1-2H3,(H,33,34)/t21-,22+/m0/s1. The molecule has 1 saturated carbocycles. The second-order valence-electron chi connectivity index (χ2n) is 10.8. The molecule has 0 unspecified atom stereocenters. The van der Waals surface area contributed by atoms with Gasteiger partial charge in [0.2, 0.25) is 5.91 Å². The summed E-state index contributed by atoms with van der Waals surface area (Å²) < 4.78 is 39.7. The number of aromatic amines is 1. The number of amides is 1. The van der Waals surface area contributed by atoms with E-state index >= 15 is 0 Å². The number of carbonyl (C=O) groups is 1. The highest BCUT2D eigenvalue weighted by Gasteiger charge is 2.27. The lowest BCUT2D eigenvalue weighted by molar-refractivity contribution is -0.132. The number of likely N-dealkylation sites (N-methyl/N-ethyl adjacent to an activating group) is 1. The molecule has 0 saturated heterocycles. The molecule has 3 heterocycles. The van der Waals surface area contributed by atoms with Crippen LogP contribution in [0.3, 0.4) is 0 Å². The number of carbonyl (C=O) groups excluding carboxylic acids is 1. The van der Waals surface area contributed by atoms with Crippen LogP contribution in [0, 0.1) is 23.5 Å². The predicted octanol–water partition coefficient (Wildman–Crippen LogP) is 5.72. The number of hydrogen-bond donors (Lipinski definition) is 1. The third kappa shape index (κ3) is 8.51. The Morgan fingerprint density at radius 3 is 2.70 bits per heavy atom. The van der Waals surface area contributed by atoms with E-state index in [1.54, 1.807) is 11.1 Å². The van der Waals surface area contributed by atoms with Crippen LogP contribution in [0.25, 0.3) is 22.4 Å². The van der Waals surface area contributed by atoms with Crippen LogP contribution in [-0.4, -0.2) is 70.8 Å². The fourth-order valence-corrected chi connectivity index (χ4v) is 5.39. The first kappa shape index (κ1) is 30.0. The molecule has 8 nitrogen and oxygen atoms in total. The van der Waals surface area contributed by atoms with E-state index in [0.29, 0.717) is 67.3 Å². The Morgan fingerprint density at radius 1 is 1.07 bits per heavy atom. The number of nitrogens with zero attached hydrogens (tertiary/aromatic N) is 4. The summed E-state index contributed by atoms with van der Waals surface area (Å²) in [4.78, 5) is 30.3. The van der Waals surface area contributed by atoms with Gasteiger partial charge in [-0.15, -0.1) is 0 Å². The topological polar surface area (TPSA) is 93.2 Å². The molecular weight excluding hydrogens is 516 g/mol. The van der Waals surface area contributed by atoms with Crippen molar-refractivity contribution in [2.24, 2.45) is 11.8 Å². The number of halogens is 2. The van der Waals surface area contributed by atoms with Crippen LogP contribution in [0.5, 0.6) is 0 Å². The molecule has 218 valence electrons. The van der Waals surface area contributed by atoms with E-state index in [9.17, 15) is 13.6 Å². The van der Waals surface area contributed by atoms with Crippen LogP contribution < -0.4 is 0 Å². The van der Waals surface area contributed by atoms with Gasteiger partial charge in [0.1, 0.15) is 11.5 Å². The fourth-order valence-electron chi connectivity index (χ4n) is 5.39. The van der Waals surface area contributed by atoms with Gasteiger partial charge < -0.3 is 19.4 Å². The van der Waals surface area contributed by atoms with Gasteiger partial charge in [-0.3, -0.25) is 4.79 Å². The number of aromatic nitrogens is 4. The first-order valence-electron chi connectivity index (χ1n) is 14.5. The minimum atomic E-state index is -0.459. The molecule has 1 N–H and O–H groups in total. The second kappa shape index (κ2) is 15.1. The number of rotatable bonds is 15. The highest BCUT2D eigenvalue weighted by atomic mass is 19.1. The minimum absolute atomic E-state index is 0.112. The first-order chi connectivity index (χ1) is 19.4. The maximum absolute atomic E-state index is 14.7. The summed E-state index contributed by atoms with van der Waals surface area (Å²) in [5.41, 5.74) is 1.46. The van der Waals surface area contributed by atoms with Crippen molar-refractivity contribution in [3.8, 4) is 11.4 Å². The molecule has 1 aliphatic carbocycles. The highest BCUT2D eigenvalue weighted by Crippen LogP contribution is 2.34. The van der Waals surface area contributed by atoms with E-state index in [-0.39, 0.29) is 17.7 Å². The molecule has 1 amide bonds. The molecule has 1 fully saturated rings. The quantitative estimate of drug-likeness (QED) is 0.240. The summed E-state index contributed by atoms with van der Waals surface area (Å²) in [6, 6.07) is 1.37. The molecule has 0 radical (unpaired) electrons. The number of hydrogen-bond acceptors (Lipinski definition) is 6. The molecule has 3 aromatic heterocycles. The van der Waals surface area contributed by atoms with Gasteiger partial charge in [0.15, 0.2) is 11.6 Å². The molecule has 0 aliphatic heterocycles. The first-order valence-corrected chi connectivity index (χ1v) is 14.5. The van der Waals surface area contributed by atoms with E-state index in [4.69, 9.17) is 9.47 Å². The van der Waals surface area contributed by atoms with Gasteiger partial charge in [-0.1, -0.05) is 32.6 Å². The second-order valence-corrected chi connectivity index (χ2v) is 10.8. The summed E-state index contributed by atoms with van der Waals surface area (Å²) >= 11 is 0. The number of pyridine rings is 1. The van der Waals surface area contributed by atoms with Crippen molar-refractivity contribution >= 4 is 16.9 Å². The van der Waals surface area contributed by atoms with Crippen molar-refractivity contribution < 1.29 is 23.0 Å². The van der Waals surface area contributed by atoms with Crippen LogP contribution in [0.15, 0.2) is 24.7 Å². The number of unbranched alkanes of at least 4 members (excludes halogenated alkanes) is 2. The normalized spacial score (nSPS) is 17.4. The lowest BCUT2D eigenvalue weighted by Gasteiger charge is -2.30. The van der Waals surface area contributed by atoms with Gasteiger partial charge in [-0.2, -0.15) is 0 Å². The van der Waals surface area contributed by atoms with Crippen LogP contribution in [0.4, 0.5) is 8.78 Å². The Hall–Kier alpha value is -2.98. The van der Waals surface area contributed by atoms with Gasteiger partial charge in [-0.05, 0) is 43.6 Å². The van der Waals surface area contributed by atoms with E-state index in [1.807, 2.05) is 7.05 Å². The van der Waals surface area contributed by atoms with Gasteiger partial charge in [-0.25, -0.2) is 23.7 Å². The maximum Gasteiger partial charge on any atom is 0.222 e. The number of nitrogens with one attached hydrogen (secondary N) is 1. The Morgan fingerprint density at radius 2 is 1.88 bits per heavy atom. The van der Waals surface area contributed by atoms with Crippen molar-refractivity contribution in [2.45, 2.75) is 64.7 Å². The molecule has 0 bridgehead atoms. The van der Waals surface area contributed by atoms with Gasteiger partial charge in [0.05, 0.1) is 37.9 Å². The smallest absolute Gasteiger partial charge is 0.222 e. The van der Waals surface area contributed by atoms with Gasteiger partial charge in [0, 0.05) is 43.8 Å². The molecule has 3 aromatic rings.